The van der Waals surface area contributed by atoms with Gasteiger partial charge in [-0.3, -0.25) is 4.79 Å². The van der Waals surface area contributed by atoms with Crippen LogP contribution in [0.15, 0.2) is 12.1 Å². The van der Waals surface area contributed by atoms with Crippen molar-refractivity contribution in [2.75, 3.05) is 0 Å². The van der Waals surface area contributed by atoms with Crippen molar-refractivity contribution in [1.82, 2.24) is 0 Å². The van der Waals surface area contributed by atoms with Crippen LogP contribution < -0.4 is 0 Å². The van der Waals surface area contributed by atoms with E-state index in [-0.39, 0.29) is 11.9 Å². The number of benzene rings is 1. The molecule has 0 bridgehead atoms. The van der Waals surface area contributed by atoms with E-state index >= 15 is 0 Å². The quantitative estimate of drug-likeness (QED) is 0.606. The number of ketones is 1. The molecule has 0 amide bonds. The lowest BCUT2D eigenvalue weighted by Gasteiger charge is -2.17. The highest BCUT2D eigenvalue weighted by Gasteiger charge is 2.20. The van der Waals surface area contributed by atoms with E-state index in [1.807, 2.05) is 46.8 Å². The largest absolute Gasteiger partial charge is 0.363 e. The van der Waals surface area contributed by atoms with Crippen LogP contribution in [0.1, 0.15) is 40.9 Å². The van der Waals surface area contributed by atoms with E-state index < -0.39 is 5.85 Å². The molecule has 0 radical (unpaired) electrons. The van der Waals surface area contributed by atoms with Crippen molar-refractivity contribution in [2.24, 2.45) is 0 Å². The van der Waals surface area contributed by atoms with Gasteiger partial charge in [-0.25, -0.2) is 0 Å². The predicted octanol–water partition coefficient (Wildman–Crippen LogP) is 3.42. The molecule has 2 nitrogen and oxygen atoms in total. The first-order valence-electron chi connectivity index (χ1n) is 5.86. The van der Waals surface area contributed by atoms with Gasteiger partial charge in [0.2, 0.25) is 0 Å². The molecule has 0 heterocycles. The molecule has 0 spiro atoms. The molecule has 0 aliphatic carbocycles. The molecule has 1 aromatic rings. The normalized spacial score (nSPS) is 12.9. The molecule has 1 rings (SSSR count). The fraction of sp³-hybridized carbons (Fsp3) is 0.500. The maximum absolute atomic E-state index is 12.3. The Morgan fingerprint density at radius 3 is 2.06 bits per heavy atom. The standard InChI is InChI=1S/C14H21O2P/c1-8(2)16-14(17)13(15)12-10(4)6-9(3)7-11(12)5/h6-8,14H,17H2,1-5H3. The van der Waals surface area contributed by atoms with Crippen molar-refractivity contribution >= 4 is 15.0 Å². The highest BCUT2D eigenvalue weighted by molar-refractivity contribution is 7.19. The minimum atomic E-state index is -0.463. The Hall–Kier alpha value is -0.720. The zero-order valence-electron chi connectivity index (χ0n) is 11.2. The van der Waals surface area contributed by atoms with Crippen LogP contribution in [-0.2, 0) is 4.74 Å². The summed E-state index contributed by atoms with van der Waals surface area (Å²) in [7, 11) is 2.48. The first-order chi connectivity index (χ1) is 7.82. The van der Waals surface area contributed by atoms with Crippen molar-refractivity contribution in [3.63, 3.8) is 0 Å². The molecule has 17 heavy (non-hydrogen) atoms. The van der Waals surface area contributed by atoms with Gasteiger partial charge in [0.1, 0.15) is 5.85 Å². The van der Waals surface area contributed by atoms with Gasteiger partial charge in [-0.1, -0.05) is 26.9 Å². The van der Waals surface area contributed by atoms with Crippen LogP contribution in [0.5, 0.6) is 0 Å². The third kappa shape index (κ3) is 3.62. The number of hydrogen-bond donors (Lipinski definition) is 0. The van der Waals surface area contributed by atoms with Crippen LogP contribution >= 0.6 is 9.24 Å². The smallest absolute Gasteiger partial charge is 0.195 e. The average molecular weight is 252 g/mol. The summed E-state index contributed by atoms with van der Waals surface area (Å²) in [6.45, 7) is 9.84. The van der Waals surface area contributed by atoms with E-state index in [2.05, 4.69) is 9.24 Å². The maximum Gasteiger partial charge on any atom is 0.195 e. The molecule has 3 heteroatoms. The molecule has 0 fully saturated rings. The number of Topliss-reactive ketones (excluding diaryl/α,β-unsaturated/α-hetero) is 1. The fourth-order valence-electron chi connectivity index (χ4n) is 2.07. The monoisotopic (exact) mass is 252 g/mol. The van der Waals surface area contributed by atoms with Gasteiger partial charge in [0.15, 0.2) is 5.78 Å². The van der Waals surface area contributed by atoms with Gasteiger partial charge in [0.25, 0.3) is 0 Å². The maximum atomic E-state index is 12.3. The van der Waals surface area contributed by atoms with Crippen molar-refractivity contribution in [2.45, 2.75) is 46.6 Å². The lowest BCUT2D eigenvalue weighted by molar-refractivity contribution is 0.0458. The summed E-state index contributed by atoms with van der Waals surface area (Å²) in [5.41, 5.74) is 4.01. The van der Waals surface area contributed by atoms with Crippen molar-refractivity contribution in [3.8, 4) is 0 Å². The predicted molar refractivity (Wildman–Crippen MR) is 74.7 cm³/mol. The Morgan fingerprint density at radius 2 is 1.65 bits per heavy atom. The van der Waals surface area contributed by atoms with Crippen LogP contribution in [0.3, 0.4) is 0 Å². The number of aryl methyl sites for hydroxylation is 3. The van der Waals surface area contributed by atoms with E-state index in [1.54, 1.807) is 0 Å². The van der Waals surface area contributed by atoms with Gasteiger partial charge in [-0.15, -0.1) is 0 Å². The lowest BCUT2D eigenvalue weighted by Crippen LogP contribution is -2.23. The minimum Gasteiger partial charge on any atom is -0.363 e. The van der Waals surface area contributed by atoms with Gasteiger partial charge in [-0.2, -0.15) is 0 Å². The van der Waals surface area contributed by atoms with Crippen LogP contribution in [0.4, 0.5) is 0 Å². The second kappa shape index (κ2) is 5.75. The SMILES string of the molecule is Cc1cc(C)c(C(=O)C(P)OC(C)C)c(C)c1. The summed E-state index contributed by atoms with van der Waals surface area (Å²) in [5.74, 6) is -0.422. The molecule has 2 unspecified atom stereocenters. The molecule has 2 atom stereocenters. The van der Waals surface area contributed by atoms with Crippen molar-refractivity contribution < 1.29 is 9.53 Å². The van der Waals surface area contributed by atoms with Gasteiger partial charge in [-0.05, 0) is 45.7 Å². The minimum absolute atomic E-state index is 0.0405. The molecule has 0 saturated carbocycles. The second-order valence-electron chi connectivity index (χ2n) is 4.74. The van der Waals surface area contributed by atoms with E-state index in [0.717, 1.165) is 16.7 Å². The Labute approximate surface area is 106 Å². The molecule has 94 valence electrons. The fourth-order valence-corrected chi connectivity index (χ4v) is 2.55. The third-order valence-corrected chi connectivity index (χ3v) is 3.06. The third-order valence-electron chi connectivity index (χ3n) is 2.60. The zero-order chi connectivity index (χ0) is 13.2. The molecule has 0 N–H and O–H groups in total. The van der Waals surface area contributed by atoms with Crippen LogP contribution in [0.2, 0.25) is 0 Å². The molecular weight excluding hydrogens is 231 g/mol. The summed E-state index contributed by atoms with van der Waals surface area (Å²) in [6.07, 6.45) is 0.0486. The Balaban J connectivity index is 3.04. The first-order valence-corrected chi connectivity index (χ1v) is 6.52. The number of carbonyl (C=O) groups excluding carboxylic acids is 1. The zero-order valence-corrected chi connectivity index (χ0v) is 12.4. The van der Waals surface area contributed by atoms with E-state index in [9.17, 15) is 4.79 Å². The van der Waals surface area contributed by atoms with E-state index in [4.69, 9.17) is 4.74 Å². The van der Waals surface area contributed by atoms with Crippen LogP contribution in [0, 0.1) is 20.8 Å². The highest BCUT2D eigenvalue weighted by atomic mass is 31.0. The topological polar surface area (TPSA) is 26.3 Å². The first kappa shape index (κ1) is 14.3. The van der Waals surface area contributed by atoms with Crippen molar-refractivity contribution in [3.05, 3.63) is 34.4 Å². The summed E-state index contributed by atoms with van der Waals surface area (Å²) in [5, 5.41) is 0. The Kier molecular flexibility index (Phi) is 4.85. The molecular formula is C14H21O2P. The molecule has 0 saturated heterocycles. The Morgan fingerprint density at radius 1 is 1.18 bits per heavy atom. The number of carbonyl (C=O) groups is 1. The molecule has 0 aliphatic rings. The van der Waals surface area contributed by atoms with Gasteiger partial charge < -0.3 is 4.74 Å². The summed E-state index contributed by atoms with van der Waals surface area (Å²) < 4.78 is 5.52. The number of rotatable bonds is 4. The number of hydrogen-bond acceptors (Lipinski definition) is 2. The number of ether oxygens (including phenoxy) is 1. The summed E-state index contributed by atoms with van der Waals surface area (Å²) in [6, 6.07) is 4.07. The van der Waals surface area contributed by atoms with Gasteiger partial charge in [0.05, 0.1) is 6.10 Å². The van der Waals surface area contributed by atoms with Gasteiger partial charge >= 0.3 is 0 Å². The van der Waals surface area contributed by atoms with E-state index in [0.29, 0.717) is 0 Å². The molecule has 0 aromatic heterocycles. The summed E-state index contributed by atoms with van der Waals surface area (Å²) >= 11 is 0. The van der Waals surface area contributed by atoms with Gasteiger partial charge in [0, 0.05) is 5.56 Å². The molecule has 1 aromatic carbocycles. The van der Waals surface area contributed by atoms with Crippen LogP contribution in [0.25, 0.3) is 0 Å². The Bertz CT molecular complexity index is 401. The van der Waals surface area contributed by atoms with Crippen LogP contribution in [-0.4, -0.2) is 17.7 Å². The summed E-state index contributed by atoms with van der Waals surface area (Å²) in [4.78, 5) is 12.3. The van der Waals surface area contributed by atoms with Crippen molar-refractivity contribution in [1.29, 1.82) is 0 Å². The average Bonchev–Trinajstić information content (AvgIpc) is 2.14. The second-order valence-corrected chi connectivity index (χ2v) is 5.35. The molecule has 0 aliphatic heterocycles. The van der Waals surface area contributed by atoms with E-state index in [1.165, 1.54) is 5.56 Å². The highest BCUT2D eigenvalue weighted by Crippen LogP contribution is 2.21. The lowest BCUT2D eigenvalue weighted by atomic mass is 9.97.